The van der Waals surface area contributed by atoms with Gasteiger partial charge in [0.15, 0.2) is 0 Å². The van der Waals surface area contributed by atoms with Crippen LogP contribution in [0.5, 0.6) is 0 Å². The summed E-state index contributed by atoms with van der Waals surface area (Å²) >= 11 is 1.40. The molecule has 0 bridgehead atoms. The van der Waals surface area contributed by atoms with Gasteiger partial charge >= 0.3 is 0 Å². The second-order valence-electron chi connectivity index (χ2n) is 5.84. The number of hydrogen-bond donors (Lipinski definition) is 2. The predicted molar refractivity (Wildman–Crippen MR) is 98.5 cm³/mol. The molecule has 0 saturated heterocycles. The van der Waals surface area contributed by atoms with Gasteiger partial charge in [0, 0.05) is 12.1 Å². The number of benzene rings is 1. The first kappa shape index (κ1) is 17.9. The average molecular weight is 343 g/mol. The van der Waals surface area contributed by atoms with E-state index < -0.39 is 0 Å². The molecule has 5 nitrogen and oxygen atoms in total. The number of carbonyl (C=O) groups is 2. The van der Waals surface area contributed by atoms with E-state index in [1.165, 1.54) is 11.3 Å². The van der Waals surface area contributed by atoms with E-state index in [4.69, 9.17) is 0 Å². The number of thiophene rings is 1. The molecule has 1 aromatic carbocycles. The number of anilines is 1. The van der Waals surface area contributed by atoms with Crippen LogP contribution in [0.4, 0.5) is 5.69 Å². The molecule has 1 aromatic heterocycles. The molecule has 0 radical (unpaired) electrons. The lowest BCUT2D eigenvalue weighted by Crippen LogP contribution is -2.20. The summed E-state index contributed by atoms with van der Waals surface area (Å²) in [5.41, 5.74) is 4.87. The minimum atomic E-state index is -0.121. The van der Waals surface area contributed by atoms with Crippen molar-refractivity contribution < 1.29 is 9.59 Å². The third-order valence-corrected chi connectivity index (χ3v) is 4.12. The molecular formula is C18H21N3O2S. The van der Waals surface area contributed by atoms with Crippen LogP contribution < -0.4 is 10.7 Å². The molecule has 0 aliphatic heterocycles. The zero-order chi connectivity index (χ0) is 17.5. The molecule has 1 heterocycles. The van der Waals surface area contributed by atoms with Crippen molar-refractivity contribution in [2.75, 3.05) is 5.32 Å². The third-order valence-electron chi connectivity index (χ3n) is 3.25. The van der Waals surface area contributed by atoms with E-state index in [9.17, 15) is 9.59 Å². The molecule has 0 unspecified atom stereocenters. The van der Waals surface area contributed by atoms with E-state index in [0.717, 1.165) is 5.56 Å². The highest BCUT2D eigenvalue weighted by Crippen LogP contribution is 2.14. The summed E-state index contributed by atoms with van der Waals surface area (Å²) in [5.74, 6) is 0.0833. The summed E-state index contributed by atoms with van der Waals surface area (Å²) in [6, 6.07) is 11.0. The van der Waals surface area contributed by atoms with Crippen molar-refractivity contribution in [2.24, 2.45) is 11.0 Å². The molecule has 2 amide bonds. The van der Waals surface area contributed by atoms with Gasteiger partial charge in [-0.15, -0.1) is 11.3 Å². The SMILES string of the molecule is C/C(=N/NC(=O)CC(C)C)c1ccc(NC(=O)c2cccs2)cc1. The maximum atomic E-state index is 12.0. The van der Waals surface area contributed by atoms with Crippen LogP contribution in [0.2, 0.25) is 0 Å². The highest BCUT2D eigenvalue weighted by molar-refractivity contribution is 7.12. The van der Waals surface area contributed by atoms with Gasteiger partial charge in [0.1, 0.15) is 0 Å². The smallest absolute Gasteiger partial charge is 0.265 e. The van der Waals surface area contributed by atoms with Crippen LogP contribution in [0, 0.1) is 5.92 Å². The van der Waals surface area contributed by atoms with Crippen LogP contribution in [0.3, 0.4) is 0 Å². The molecule has 0 fully saturated rings. The number of rotatable bonds is 6. The van der Waals surface area contributed by atoms with Crippen LogP contribution in [0.25, 0.3) is 0 Å². The van der Waals surface area contributed by atoms with Gasteiger partial charge in [-0.2, -0.15) is 5.10 Å². The summed E-state index contributed by atoms with van der Waals surface area (Å²) in [5, 5.41) is 8.82. The molecule has 2 N–H and O–H groups in total. The minimum absolute atomic E-state index is 0.0934. The van der Waals surface area contributed by atoms with E-state index in [1.54, 1.807) is 6.07 Å². The number of nitrogens with one attached hydrogen (secondary N) is 2. The van der Waals surface area contributed by atoms with E-state index >= 15 is 0 Å². The van der Waals surface area contributed by atoms with Crippen molar-refractivity contribution in [3.05, 3.63) is 52.2 Å². The highest BCUT2D eigenvalue weighted by Gasteiger charge is 2.07. The van der Waals surface area contributed by atoms with Crippen molar-refractivity contribution in [1.82, 2.24) is 5.43 Å². The molecular weight excluding hydrogens is 322 g/mol. The molecule has 0 saturated carbocycles. The average Bonchev–Trinajstić information content (AvgIpc) is 3.07. The van der Waals surface area contributed by atoms with Gasteiger partial charge in [-0.1, -0.05) is 32.0 Å². The van der Waals surface area contributed by atoms with Crippen molar-refractivity contribution in [3.8, 4) is 0 Å². The Morgan fingerprint density at radius 1 is 1.17 bits per heavy atom. The zero-order valence-corrected chi connectivity index (χ0v) is 14.8. The first-order valence-electron chi connectivity index (χ1n) is 7.74. The molecule has 6 heteroatoms. The van der Waals surface area contributed by atoms with E-state index in [-0.39, 0.29) is 11.8 Å². The van der Waals surface area contributed by atoms with Gasteiger partial charge < -0.3 is 5.32 Å². The molecule has 0 atom stereocenters. The van der Waals surface area contributed by atoms with Gasteiger partial charge in [-0.3, -0.25) is 9.59 Å². The fraction of sp³-hybridized carbons (Fsp3) is 0.278. The quantitative estimate of drug-likeness (QED) is 0.617. The Morgan fingerprint density at radius 2 is 1.88 bits per heavy atom. The van der Waals surface area contributed by atoms with E-state index in [0.29, 0.717) is 28.6 Å². The van der Waals surface area contributed by atoms with Gasteiger partial charge in [0.2, 0.25) is 5.91 Å². The lowest BCUT2D eigenvalue weighted by atomic mass is 10.1. The summed E-state index contributed by atoms with van der Waals surface area (Å²) in [4.78, 5) is 24.3. The standard InChI is InChI=1S/C18H21N3O2S/c1-12(2)11-17(22)21-20-13(3)14-6-8-15(9-7-14)19-18(23)16-5-4-10-24-16/h4-10,12H,11H2,1-3H3,(H,19,23)(H,21,22)/b20-13-. The van der Waals surface area contributed by atoms with Gasteiger partial charge in [-0.05, 0) is 42.0 Å². The Bertz CT molecular complexity index is 719. The number of nitrogens with zero attached hydrogens (tertiary/aromatic N) is 1. The molecule has 2 rings (SSSR count). The van der Waals surface area contributed by atoms with Crippen molar-refractivity contribution in [1.29, 1.82) is 0 Å². The predicted octanol–water partition coefficient (Wildman–Crippen LogP) is 3.89. The van der Waals surface area contributed by atoms with Crippen LogP contribution in [-0.2, 0) is 4.79 Å². The molecule has 2 aromatic rings. The maximum Gasteiger partial charge on any atom is 0.265 e. The molecule has 0 aliphatic rings. The van der Waals surface area contributed by atoms with Crippen molar-refractivity contribution in [2.45, 2.75) is 27.2 Å². The maximum absolute atomic E-state index is 12.0. The van der Waals surface area contributed by atoms with Gasteiger partial charge in [0.05, 0.1) is 10.6 Å². The summed E-state index contributed by atoms with van der Waals surface area (Å²) in [7, 11) is 0. The largest absolute Gasteiger partial charge is 0.321 e. The normalized spacial score (nSPS) is 11.4. The van der Waals surface area contributed by atoms with Crippen LogP contribution >= 0.6 is 11.3 Å². The minimum Gasteiger partial charge on any atom is -0.321 e. The monoisotopic (exact) mass is 343 g/mol. The summed E-state index contributed by atoms with van der Waals surface area (Å²) in [6.45, 7) is 5.80. The van der Waals surface area contributed by atoms with E-state index in [2.05, 4.69) is 15.8 Å². The van der Waals surface area contributed by atoms with Gasteiger partial charge in [-0.25, -0.2) is 5.43 Å². The molecule has 0 spiro atoms. The van der Waals surface area contributed by atoms with Crippen molar-refractivity contribution >= 4 is 34.6 Å². The van der Waals surface area contributed by atoms with Crippen LogP contribution in [-0.4, -0.2) is 17.5 Å². The summed E-state index contributed by atoms with van der Waals surface area (Å²) < 4.78 is 0. The lowest BCUT2D eigenvalue weighted by molar-refractivity contribution is -0.121. The number of amides is 2. The van der Waals surface area contributed by atoms with Crippen LogP contribution in [0.1, 0.15) is 42.4 Å². The van der Waals surface area contributed by atoms with Crippen LogP contribution in [0.15, 0.2) is 46.9 Å². The highest BCUT2D eigenvalue weighted by atomic mass is 32.1. The zero-order valence-electron chi connectivity index (χ0n) is 14.0. The van der Waals surface area contributed by atoms with E-state index in [1.807, 2.05) is 56.5 Å². The fourth-order valence-electron chi connectivity index (χ4n) is 2.02. The Labute approximate surface area is 145 Å². The second kappa shape index (κ2) is 8.40. The topological polar surface area (TPSA) is 70.6 Å². The Hall–Kier alpha value is -2.47. The summed E-state index contributed by atoms with van der Waals surface area (Å²) in [6.07, 6.45) is 0.449. The van der Waals surface area contributed by atoms with Gasteiger partial charge in [0.25, 0.3) is 5.91 Å². The Morgan fingerprint density at radius 3 is 2.46 bits per heavy atom. The number of hydrogen-bond acceptors (Lipinski definition) is 4. The number of carbonyl (C=O) groups excluding carboxylic acids is 2. The second-order valence-corrected chi connectivity index (χ2v) is 6.79. The fourth-order valence-corrected chi connectivity index (χ4v) is 2.64. The lowest BCUT2D eigenvalue weighted by Gasteiger charge is -2.07. The molecule has 0 aliphatic carbocycles. The first-order chi connectivity index (χ1) is 11.5. The molecule has 126 valence electrons. The molecule has 24 heavy (non-hydrogen) atoms. The number of hydrazone groups is 1. The Kier molecular flexibility index (Phi) is 6.26. The first-order valence-corrected chi connectivity index (χ1v) is 8.62. The third kappa shape index (κ3) is 5.31. The van der Waals surface area contributed by atoms with Crippen molar-refractivity contribution in [3.63, 3.8) is 0 Å². The Balaban J connectivity index is 1.95.